The van der Waals surface area contributed by atoms with E-state index < -0.39 is 36.1 Å². The predicted molar refractivity (Wildman–Crippen MR) is 85.9 cm³/mol. The first-order valence-corrected chi connectivity index (χ1v) is 8.55. The van der Waals surface area contributed by atoms with Crippen molar-refractivity contribution >= 4 is 5.97 Å². The summed E-state index contributed by atoms with van der Waals surface area (Å²) in [4.78, 5) is 11.7. The van der Waals surface area contributed by atoms with Crippen molar-refractivity contribution in [3.63, 3.8) is 0 Å². The van der Waals surface area contributed by atoms with Gasteiger partial charge in [-0.15, -0.1) is 0 Å². The third-order valence-corrected chi connectivity index (χ3v) is 6.19. The molecule has 7 atom stereocenters. The second kappa shape index (κ2) is 5.80. The molecule has 136 valence electrons. The van der Waals surface area contributed by atoms with Crippen LogP contribution in [-0.4, -0.2) is 53.5 Å². The smallest absolute Gasteiger partial charge is 0.303 e. The molecule has 24 heavy (non-hydrogen) atoms. The van der Waals surface area contributed by atoms with Crippen LogP contribution in [0.4, 0.5) is 0 Å². The first-order valence-electron chi connectivity index (χ1n) is 8.55. The molecule has 1 heterocycles. The molecule has 0 aromatic carbocycles. The van der Waals surface area contributed by atoms with Crippen LogP contribution in [0.3, 0.4) is 0 Å². The average Bonchev–Trinajstić information content (AvgIpc) is 2.73. The third kappa shape index (κ3) is 2.35. The molecule has 3 aliphatic rings. The van der Waals surface area contributed by atoms with E-state index in [1.54, 1.807) is 7.11 Å². The van der Waals surface area contributed by atoms with Gasteiger partial charge in [0.05, 0.1) is 6.10 Å². The van der Waals surface area contributed by atoms with Gasteiger partial charge in [0, 0.05) is 32.3 Å². The van der Waals surface area contributed by atoms with E-state index in [4.69, 9.17) is 14.2 Å². The predicted octanol–water partition coefficient (Wildman–Crippen LogP) is 1.39. The van der Waals surface area contributed by atoms with Gasteiger partial charge < -0.3 is 24.4 Å². The molecule has 3 rings (SSSR count). The fraction of sp³-hybridized carbons (Fsp3) is 0.833. The summed E-state index contributed by atoms with van der Waals surface area (Å²) in [5.74, 6) is -0.921. The van der Waals surface area contributed by atoms with Crippen molar-refractivity contribution in [2.75, 3.05) is 7.11 Å². The van der Waals surface area contributed by atoms with E-state index in [1.807, 2.05) is 13.0 Å². The number of hydrogen-bond acceptors (Lipinski definition) is 6. The van der Waals surface area contributed by atoms with Gasteiger partial charge in [-0.3, -0.25) is 4.79 Å². The molecule has 0 amide bonds. The average molecular weight is 340 g/mol. The van der Waals surface area contributed by atoms with Crippen LogP contribution >= 0.6 is 0 Å². The summed E-state index contributed by atoms with van der Waals surface area (Å²) >= 11 is 0. The minimum absolute atomic E-state index is 0.0844. The number of aliphatic hydroxyl groups is 2. The van der Waals surface area contributed by atoms with Gasteiger partial charge in [-0.05, 0) is 18.8 Å². The largest absolute Gasteiger partial charge is 0.459 e. The molecular formula is C18H28O6. The van der Waals surface area contributed by atoms with Crippen LogP contribution in [0.1, 0.15) is 40.5 Å². The number of esters is 1. The third-order valence-electron chi connectivity index (χ3n) is 6.19. The lowest BCUT2D eigenvalue weighted by molar-refractivity contribution is -0.276. The van der Waals surface area contributed by atoms with Gasteiger partial charge >= 0.3 is 5.97 Å². The van der Waals surface area contributed by atoms with E-state index in [1.165, 1.54) is 6.92 Å². The van der Waals surface area contributed by atoms with Crippen molar-refractivity contribution in [2.24, 2.45) is 17.3 Å². The summed E-state index contributed by atoms with van der Waals surface area (Å²) in [5, 5.41) is 21.4. The molecular weight excluding hydrogens is 312 g/mol. The quantitative estimate of drug-likeness (QED) is 0.584. The van der Waals surface area contributed by atoms with E-state index in [9.17, 15) is 15.0 Å². The fourth-order valence-corrected chi connectivity index (χ4v) is 5.18. The van der Waals surface area contributed by atoms with Crippen molar-refractivity contribution in [3.8, 4) is 0 Å². The van der Waals surface area contributed by atoms with Crippen LogP contribution in [0, 0.1) is 17.3 Å². The number of methoxy groups -OCH3 is 1. The highest BCUT2D eigenvalue weighted by Gasteiger charge is 2.74. The normalized spacial score (nSPS) is 46.7. The zero-order valence-electron chi connectivity index (χ0n) is 15.0. The van der Waals surface area contributed by atoms with Gasteiger partial charge in [0.2, 0.25) is 0 Å². The van der Waals surface area contributed by atoms with Gasteiger partial charge in [0.1, 0.15) is 17.8 Å². The minimum atomic E-state index is -1.10. The maximum Gasteiger partial charge on any atom is 0.303 e. The number of carbonyl (C=O) groups excluding carboxylic acids is 1. The van der Waals surface area contributed by atoms with Gasteiger partial charge in [-0.25, -0.2) is 0 Å². The Morgan fingerprint density at radius 2 is 2.04 bits per heavy atom. The number of ether oxygens (including phenoxy) is 3. The molecule has 2 aliphatic carbocycles. The van der Waals surface area contributed by atoms with E-state index >= 15 is 0 Å². The van der Waals surface area contributed by atoms with Crippen molar-refractivity contribution in [1.29, 1.82) is 0 Å². The maximum atomic E-state index is 11.7. The molecule has 2 bridgehead atoms. The van der Waals surface area contributed by atoms with Gasteiger partial charge in [0.15, 0.2) is 6.29 Å². The van der Waals surface area contributed by atoms with E-state index in [2.05, 4.69) is 13.8 Å². The highest BCUT2D eigenvalue weighted by atomic mass is 16.7. The van der Waals surface area contributed by atoms with Crippen LogP contribution in [-0.2, 0) is 19.0 Å². The van der Waals surface area contributed by atoms with Crippen LogP contribution in [0.15, 0.2) is 11.6 Å². The van der Waals surface area contributed by atoms with Gasteiger partial charge in [-0.1, -0.05) is 25.5 Å². The lowest BCUT2D eigenvalue weighted by Crippen LogP contribution is -2.68. The Morgan fingerprint density at radius 1 is 1.38 bits per heavy atom. The second-order valence-corrected chi connectivity index (χ2v) is 8.08. The summed E-state index contributed by atoms with van der Waals surface area (Å²) in [7, 11) is 1.54. The molecule has 0 spiro atoms. The molecule has 6 heteroatoms. The zero-order valence-corrected chi connectivity index (χ0v) is 15.0. The Hall–Kier alpha value is -0.950. The van der Waals surface area contributed by atoms with Crippen LogP contribution in [0.2, 0.25) is 0 Å². The Bertz CT molecular complexity index is 556. The van der Waals surface area contributed by atoms with Crippen molar-refractivity contribution < 1.29 is 29.2 Å². The molecule has 1 unspecified atom stereocenters. The lowest BCUT2D eigenvalue weighted by Gasteiger charge is -2.61. The number of carbonyl (C=O) groups is 1. The topological polar surface area (TPSA) is 85.2 Å². The molecule has 1 saturated carbocycles. The molecule has 1 saturated heterocycles. The summed E-state index contributed by atoms with van der Waals surface area (Å²) < 4.78 is 17.2. The summed E-state index contributed by atoms with van der Waals surface area (Å²) in [5.41, 5.74) is -0.0874. The first-order chi connectivity index (χ1) is 11.1. The lowest BCUT2D eigenvalue weighted by atomic mass is 9.47. The van der Waals surface area contributed by atoms with Gasteiger partial charge in [-0.2, -0.15) is 0 Å². The van der Waals surface area contributed by atoms with Gasteiger partial charge in [0.25, 0.3) is 0 Å². The monoisotopic (exact) mass is 340 g/mol. The van der Waals surface area contributed by atoms with Crippen LogP contribution < -0.4 is 0 Å². The van der Waals surface area contributed by atoms with Crippen LogP contribution in [0.25, 0.3) is 0 Å². The molecule has 6 nitrogen and oxygen atoms in total. The SMILES string of the molecule is CO[C@@H]1C=C(C)C[C@H](OC(C)=O)[C@]23O[C@@H](O)C([C@H]1O)[C@H]2CC3(C)C. The molecule has 0 radical (unpaired) electrons. The molecule has 2 fully saturated rings. The van der Waals surface area contributed by atoms with E-state index in [0.717, 1.165) is 12.0 Å². The number of aliphatic hydroxyl groups excluding tert-OH is 2. The fourth-order valence-electron chi connectivity index (χ4n) is 5.18. The minimum Gasteiger partial charge on any atom is -0.459 e. The summed E-state index contributed by atoms with van der Waals surface area (Å²) in [6.07, 6.45) is 0.141. The molecule has 1 aliphatic heterocycles. The van der Waals surface area contributed by atoms with Crippen molar-refractivity contribution in [3.05, 3.63) is 11.6 Å². The Labute approximate surface area is 142 Å². The molecule has 2 N–H and O–H groups in total. The van der Waals surface area contributed by atoms with Crippen LogP contribution in [0.5, 0.6) is 0 Å². The van der Waals surface area contributed by atoms with E-state index in [0.29, 0.717) is 6.42 Å². The summed E-state index contributed by atoms with van der Waals surface area (Å²) in [6.45, 7) is 7.44. The first kappa shape index (κ1) is 17.9. The van der Waals surface area contributed by atoms with Crippen molar-refractivity contribution in [1.82, 2.24) is 0 Å². The van der Waals surface area contributed by atoms with E-state index in [-0.39, 0.29) is 17.3 Å². The molecule has 0 aromatic rings. The summed E-state index contributed by atoms with van der Waals surface area (Å²) in [6, 6.07) is 0. The highest BCUT2D eigenvalue weighted by molar-refractivity contribution is 5.66. The maximum absolute atomic E-state index is 11.7. The number of hydrogen-bond donors (Lipinski definition) is 2. The Kier molecular flexibility index (Phi) is 4.31. The second-order valence-electron chi connectivity index (χ2n) is 8.08. The standard InChI is InChI=1S/C18H28O6/c1-9-6-12(22-5)15(20)14-11-8-17(3,4)18(11,24-16(14)21)13(7-9)23-10(2)19/h6,11-16,20-21H,7-8H2,1-5H3/t11-,12-,13+,14?,15+,16-,18-/m1/s1. The molecule has 0 aromatic heterocycles. The zero-order chi connectivity index (χ0) is 17.9. The number of rotatable bonds is 2. The Balaban J connectivity index is 2.10. The highest BCUT2D eigenvalue weighted by Crippen LogP contribution is 2.67. The van der Waals surface area contributed by atoms with Crippen molar-refractivity contribution in [2.45, 2.75) is 70.7 Å². The Morgan fingerprint density at radius 3 is 2.58 bits per heavy atom.